The van der Waals surface area contributed by atoms with Gasteiger partial charge in [0.15, 0.2) is 6.10 Å². The molecule has 0 aliphatic carbocycles. The van der Waals surface area contributed by atoms with Gasteiger partial charge in [-0.2, -0.15) is 0 Å². The number of hydrogen-bond acceptors (Lipinski definition) is 6. The van der Waals surface area contributed by atoms with Gasteiger partial charge in [0, 0.05) is 19.3 Å². The van der Waals surface area contributed by atoms with E-state index in [1.165, 1.54) is 128 Å². The third-order valence-electron chi connectivity index (χ3n) is 11.7. The van der Waals surface area contributed by atoms with Gasteiger partial charge in [0.1, 0.15) is 13.2 Å². The predicted octanol–water partition coefficient (Wildman–Crippen LogP) is 18.0. The predicted molar refractivity (Wildman–Crippen MR) is 275 cm³/mol. The third kappa shape index (κ3) is 50.1. The first kappa shape index (κ1) is 61.1. The second-order valence-electron chi connectivity index (χ2n) is 18.1. The maximum Gasteiger partial charge on any atom is 0.306 e. The summed E-state index contributed by atoms with van der Waals surface area (Å²) in [5.74, 6) is -0.912. The first-order chi connectivity index (χ1) is 31.5. The highest BCUT2D eigenvalue weighted by Gasteiger charge is 2.19. The van der Waals surface area contributed by atoms with E-state index in [0.29, 0.717) is 19.3 Å². The van der Waals surface area contributed by atoms with Crippen LogP contribution in [0, 0.1) is 0 Å². The van der Waals surface area contributed by atoms with Gasteiger partial charge in [-0.25, -0.2) is 0 Å². The summed E-state index contributed by atoms with van der Waals surface area (Å²) in [6.45, 7) is 6.55. The minimum Gasteiger partial charge on any atom is -0.462 e. The van der Waals surface area contributed by atoms with Crippen molar-refractivity contribution in [2.45, 2.75) is 277 Å². The fraction of sp³-hybridized carbons (Fsp3) is 0.776. The number of carbonyl (C=O) groups is 3. The Morgan fingerprint density at radius 3 is 0.953 bits per heavy atom. The molecule has 64 heavy (non-hydrogen) atoms. The Hall–Kier alpha value is -2.89. The van der Waals surface area contributed by atoms with Crippen molar-refractivity contribution in [2.75, 3.05) is 13.2 Å². The lowest BCUT2D eigenvalue weighted by Crippen LogP contribution is -2.30. The van der Waals surface area contributed by atoms with Crippen LogP contribution in [-0.4, -0.2) is 37.2 Å². The first-order valence-electron chi connectivity index (χ1n) is 27.3. The van der Waals surface area contributed by atoms with E-state index < -0.39 is 6.10 Å². The molecule has 370 valence electrons. The zero-order valence-corrected chi connectivity index (χ0v) is 42.3. The summed E-state index contributed by atoms with van der Waals surface area (Å²) in [7, 11) is 0. The van der Waals surface area contributed by atoms with Crippen LogP contribution in [0.15, 0.2) is 60.8 Å². The minimum atomic E-state index is -0.788. The van der Waals surface area contributed by atoms with E-state index >= 15 is 0 Å². The van der Waals surface area contributed by atoms with Crippen molar-refractivity contribution in [3.63, 3.8) is 0 Å². The highest BCUT2D eigenvalue weighted by atomic mass is 16.6. The SMILES string of the molecule is CCCC/C=C\C/C=C\CCCCCCCC(=O)OCC(COC(=O)CCCCCCCCC/C=C\CCCCCCCC)OC(=O)CCCCCCC/C=C\C/C=C\CCCCC. The molecule has 0 bridgehead atoms. The zero-order valence-electron chi connectivity index (χ0n) is 42.3. The highest BCUT2D eigenvalue weighted by molar-refractivity contribution is 5.71. The molecular formula is C58H102O6. The molecule has 0 radical (unpaired) electrons. The van der Waals surface area contributed by atoms with Crippen molar-refractivity contribution in [3.8, 4) is 0 Å². The Labute approximate surface area is 396 Å². The van der Waals surface area contributed by atoms with Crippen molar-refractivity contribution >= 4 is 17.9 Å². The number of ether oxygens (including phenoxy) is 3. The molecule has 0 aliphatic rings. The Bertz CT molecular complexity index is 1170. The lowest BCUT2D eigenvalue weighted by Gasteiger charge is -2.18. The quantitative estimate of drug-likeness (QED) is 0.0262. The molecule has 0 fully saturated rings. The van der Waals surface area contributed by atoms with Crippen LogP contribution in [0.1, 0.15) is 271 Å². The van der Waals surface area contributed by atoms with Crippen molar-refractivity contribution in [3.05, 3.63) is 60.8 Å². The molecule has 0 saturated heterocycles. The van der Waals surface area contributed by atoms with E-state index in [4.69, 9.17) is 14.2 Å². The first-order valence-corrected chi connectivity index (χ1v) is 27.3. The van der Waals surface area contributed by atoms with Crippen LogP contribution in [0.5, 0.6) is 0 Å². The van der Waals surface area contributed by atoms with E-state index in [1.54, 1.807) is 0 Å². The molecule has 0 amide bonds. The largest absolute Gasteiger partial charge is 0.462 e. The van der Waals surface area contributed by atoms with Gasteiger partial charge in [0.2, 0.25) is 0 Å². The summed E-state index contributed by atoms with van der Waals surface area (Å²) in [4.78, 5) is 38.1. The number of hydrogen-bond donors (Lipinski definition) is 0. The molecule has 6 heteroatoms. The van der Waals surface area contributed by atoms with Crippen LogP contribution >= 0.6 is 0 Å². The average Bonchev–Trinajstić information content (AvgIpc) is 3.29. The van der Waals surface area contributed by atoms with E-state index in [9.17, 15) is 14.4 Å². The summed E-state index contributed by atoms with van der Waals surface area (Å²) >= 11 is 0. The smallest absolute Gasteiger partial charge is 0.306 e. The van der Waals surface area contributed by atoms with Crippen LogP contribution in [0.4, 0.5) is 0 Å². The average molecular weight is 895 g/mol. The molecule has 0 aromatic carbocycles. The lowest BCUT2D eigenvalue weighted by molar-refractivity contribution is -0.167. The Kier molecular flexibility index (Phi) is 50.4. The second-order valence-corrected chi connectivity index (χ2v) is 18.1. The van der Waals surface area contributed by atoms with Crippen molar-refractivity contribution in [2.24, 2.45) is 0 Å². The monoisotopic (exact) mass is 895 g/mol. The van der Waals surface area contributed by atoms with Crippen LogP contribution in [0.25, 0.3) is 0 Å². The summed E-state index contributed by atoms with van der Waals surface area (Å²) in [6, 6.07) is 0. The van der Waals surface area contributed by atoms with Gasteiger partial charge in [0.05, 0.1) is 0 Å². The molecule has 0 spiro atoms. The molecule has 1 atom stereocenters. The maximum absolute atomic E-state index is 12.8. The Morgan fingerprint density at radius 1 is 0.312 bits per heavy atom. The van der Waals surface area contributed by atoms with E-state index in [2.05, 4.69) is 81.5 Å². The minimum absolute atomic E-state index is 0.0863. The van der Waals surface area contributed by atoms with Gasteiger partial charge in [-0.05, 0) is 103 Å². The second kappa shape index (κ2) is 52.7. The summed E-state index contributed by atoms with van der Waals surface area (Å²) in [5.41, 5.74) is 0. The van der Waals surface area contributed by atoms with Crippen LogP contribution < -0.4 is 0 Å². The normalized spacial score (nSPS) is 12.5. The van der Waals surface area contributed by atoms with E-state index in [1.807, 2.05) is 0 Å². The number of unbranched alkanes of at least 4 members (excludes halogenated alkanes) is 28. The topological polar surface area (TPSA) is 78.9 Å². The fourth-order valence-electron chi connectivity index (χ4n) is 7.54. The summed E-state index contributed by atoms with van der Waals surface area (Å²) in [5, 5.41) is 0. The molecule has 0 rings (SSSR count). The molecule has 1 unspecified atom stereocenters. The van der Waals surface area contributed by atoms with Gasteiger partial charge >= 0.3 is 17.9 Å². The van der Waals surface area contributed by atoms with Crippen molar-refractivity contribution in [1.29, 1.82) is 0 Å². The fourth-order valence-corrected chi connectivity index (χ4v) is 7.54. The van der Waals surface area contributed by atoms with Crippen molar-refractivity contribution < 1.29 is 28.6 Å². The van der Waals surface area contributed by atoms with E-state index in [0.717, 1.165) is 103 Å². The number of esters is 3. The molecule has 0 aliphatic heterocycles. The van der Waals surface area contributed by atoms with Crippen LogP contribution in [0.2, 0.25) is 0 Å². The molecule has 0 N–H and O–H groups in total. The Morgan fingerprint density at radius 2 is 0.578 bits per heavy atom. The lowest BCUT2D eigenvalue weighted by atomic mass is 10.1. The summed E-state index contributed by atoms with van der Waals surface area (Å²) in [6.07, 6.45) is 64.8. The molecular weight excluding hydrogens is 793 g/mol. The van der Waals surface area contributed by atoms with Gasteiger partial charge in [-0.1, -0.05) is 210 Å². The standard InChI is InChI=1S/C58H102O6/c1-4-7-10-13-16-19-22-25-28-29-31-33-36-39-42-45-48-51-57(60)63-54-55(53-62-56(59)50-47-44-41-38-35-32-27-24-21-18-15-12-9-6-3)64-58(61)52-49-46-43-40-37-34-30-26-23-20-17-14-11-8-5-2/h15,17-18,20,24-28,30,55H,4-14,16,19,21-23,29,31-54H2,1-3H3/b18-15-,20-17-,27-24-,28-25-,30-26-. The molecule has 0 saturated carbocycles. The zero-order chi connectivity index (χ0) is 46.5. The van der Waals surface area contributed by atoms with Crippen LogP contribution in [-0.2, 0) is 28.6 Å². The van der Waals surface area contributed by atoms with Gasteiger partial charge in [-0.15, -0.1) is 0 Å². The number of allylic oxidation sites excluding steroid dienone is 10. The van der Waals surface area contributed by atoms with Gasteiger partial charge in [0.25, 0.3) is 0 Å². The van der Waals surface area contributed by atoms with Gasteiger partial charge in [-0.3, -0.25) is 14.4 Å². The number of rotatable bonds is 49. The van der Waals surface area contributed by atoms with E-state index in [-0.39, 0.29) is 31.1 Å². The highest BCUT2D eigenvalue weighted by Crippen LogP contribution is 2.14. The molecule has 0 heterocycles. The molecule has 0 aromatic heterocycles. The maximum atomic E-state index is 12.8. The number of carbonyl (C=O) groups excluding carboxylic acids is 3. The summed E-state index contributed by atoms with van der Waals surface area (Å²) < 4.78 is 16.8. The third-order valence-corrected chi connectivity index (χ3v) is 11.7. The van der Waals surface area contributed by atoms with Gasteiger partial charge < -0.3 is 14.2 Å². The molecule has 0 aromatic rings. The van der Waals surface area contributed by atoms with Crippen LogP contribution in [0.3, 0.4) is 0 Å². The van der Waals surface area contributed by atoms with Crippen molar-refractivity contribution in [1.82, 2.24) is 0 Å². The molecule has 6 nitrogen and oxygen atoms in total. The Balaban J connectivity index is 4.41.